The lowest BCUT2D eigenvalue weighted by Gasteiger charge is -2.29. The molecule has 6 heteroatoms. The van der Waals surface area contributed by atoms with Gasteiger partial charge >= 0.3 is 0 Å². The zero-order valence-electron chi connectivity index (χ0n) is 16.6. The number of nitrogens with zero attached hydrogens (tertiary/aromatic N) is 2. The number of guanidine groups is 1. The molecule has 2 atom stereocenters. The summed E-state index contributed by atoms with van der Waals surface area (Å²) in [5.74, 6) is 0.934. The molecule has 27 heavy (non-hydrogen) atoms. The molecule has 2 aliphatic carbocycles. The molecule has 0 heterocycles. The summed E-state index contributed by atoms with van der Waals surface area (Å²) < 4.78 is 14.0. The molecular weight excluding hydrogens is 343 g/mol. The van der Waals surface area contributed by atoms with Crippen LogP contribution in [0.15, 0.2) is 29.3 Å². The average Bonchev–Trinajstić information content (AvgIpc) is 3.23. The summed E-state index contributed by atoms with van der Waals surface area (Å²) >= 11 is 0. The first-order valence-electron chi connectivity index (χ1n) is 9.98. The molecule has 0 aliphatic heterocycles. The van der Waals surface area contributed by atoms with E-state index in [0.717, 1.165) is 50.2 Å². The molecule has 1 aromatic rings. The van der Waals surface area contributed by atoms with Crippen molar-refractivity contribution in [2.24, 2.45) is 10.4 Å². The number of nitrogens with one attached hydrogen (secondary N) is 2. The van der Waals surface area contributed by atoms with Gasteiger partial charge in [-0.25, -0.2) is 4.39 Å². The molecule has 5 nitrogen and oxygen atoms in total. The Bertz CT molecular complexity index is 697. The van der Waals surface area contributed by atoms with E-state index in [9.17, 15) is 9.18 Å². The van der Waals surface area contributed by atoms with E-state index in [1.807, 2.05) is 33.2 Å². The molecule has 0 radical (unpaired) electrons. The summed E-state index contributed by atoms with van der Waals surface area (Å²) in [6.07, 6.45) is 4.85. The van der Waals surface area contributed by atoms with E-state index in [2.05, 4.69) is 10.6 Å². The number of aliphatic imine (C=N–C) groups is 1. The van der Waals surface area contributed by atoms with Gasteiger partial charge in [0.1, 0.15) is 5.82 Å². The lowest BCUT2D eigenvalue weighted by molar-refractivity contribution is -0.138. The molecule has 0 saturated heterocycles. The summed E-state index contributed by atoms with van der Waals surface area (Å²) in [5, 5.41) is 6.69. The summed E-state index contributed by atoms with van der Waals surface area (Å²) in [5.41, 5.74) is 0.390. The van der Waals surface area contributed by atoms with Crippen LogP contribution in [0.4, 0.5) is 4.39 Å². The zero-order chi connectivity index (χ0) is 19.4. The quantitative estimate of drug-likeness (QED) is 0.595. The Morgan fingerprint density at radius 2 is 2.00 bits per heavy atom. The molecule has 0 bridgehead atoms. The van der Waals surface area contributed by atoms with Crippen LogP contribution in [-0.4, -0.2) is 50.0 Å². The topological polar surface area (TPSA) is 56.7 Å². The highest BCUT2D eigenvalue weighted by molar-refractivity contribution is 5.84. The van der Waals surface area contributed by atoms with Gasteiger partial charge in [0.2, 0.25) is 5.91 Å². The van der Waals surface area contributed by atoms with Gasteiger partial charge in [-0.3, -0.25) is 9.79 Å². The fourth-order valence-corrected chi connectivity index (χ4v) is 4.17. The Morgan fingerprint density at radius 3 is 2.63 bits per heavy atom. The molecule has 2 fully saturated rings. The molecule has 2 unspecified atom stereocenters. The van der Waals surface area contributed by atoms with Crippen molar-refractivity contribution in [1.29, 1.82) is 0 Å². The molecule has 2 aliphatic rings. The van der Waals surface area contributed by atoms with Crippen LogP contribution in [0, 0.1) is 11.2 Å². The van der Waals surface area contributed by atoms with Crippen LogP contribution >= 0.6 is 0 Å². The van der Waals surface area contributed by atoms with Crippen LogP contribution in [0.2, 0.25) is 0 Å². The van der Waals surface area contributed by atoms with Crippen LogP contribution in [-0.2, 0) is 4.79 Å². The van der Waals surface area contributed by atoms with Crippen molar-refractivity contribution in [2.75, 3.05) is 27.2 Å². The van der Waals surface area contributed by atoms with Crippen molar-refractivity contribution in [2.45, 2.75) is 51.0 Å². The molecule has 0 spiro atoms. The van der Waals surface area contributed by atoms with Gasteiger partial charge in [0.25, 0.3) is 0 Å². The maximum Gasteiger partial charge on any atom is 0.230 e. The number of carbonyl (C=O) groups excluding carboxylic acids is 1. The maximum absolute atomic E-state index is 14.0. The second-order valence-electron chi connectivity index (χ2n) is 8.00. The van der Waals surface area contributed by atoms with Gasteiger partial charge in [0, 0.05) is 32.6 Å². The SMILES string of the molecule is CCNC(=NCC1(C(=O)N(C)C)CCCC1)NC1CC1c1ccccc1F. The van der Waals surface area contributed by atoms with E-state index in [1.165, 1.54) is 6.07 Å². The van der Waals surface area contributed by atoms with Crippen LogP contribution in [0.5, 0.6) is 0 Å². The first-order valence-corrected chi connectivity index (χ1v) is 9.98. The molecule has 2 N–H and O–H groups in total. The van der Waals surface area contributed by atoms with Gasteiger partial charge in [-0.05, 0) is 37.8 Å². The Hall–Kier alpha value is -2.11. The van der Waals surface area contributed by atoms with Gasteiger partial charge in [0.05, 0.1) is 12.0 Å². The molecule has 1 amide bonds. The van der Waals surface area contributed by atoms with Crippen molar-refractivity contribution in [1.82, 2.24) is 15.5 Å². The van der Waals surface area contributed by atoms with Crippen molar-refractivity contribution in [3.63, 3.8) is 0 Å². The van der Waals surface area contributed by atoms with Crippen molar-refractivity contribution in [3.05, 3.63) is 35.6 Å². The minimum atomic E-state index is -0.375. The summed E-state index contributed by atoms with van der Waals surface area (Å²) in [7, 11) is 3.64. The van der Waals surface area contributed by atoms with Crippen LogP contribution in [0.1, 0.15) is 50.5 Å². The second kappa shape index (κ2) is 8.28. The number of benzene rings is 1. The highest BCUT2D eigenvalue weighted by Gasteiger charge is 2.43. The number of amides is 1. The molecule has 0 aromatic heterocycles. The van der Waals surface area contributed by atoms with E-state index in [-0.39, 0.29) is 29.1 Å². The Morgan fingerprint density at radius 1 is 1.30 bits per heavy atom. The molecule has 3 rings (SSSR count). The number of halogens is 1. The Labute approximate surface area is 161 Å². The minimum Gasteiger partial charge on any atom is -0.357 e. The van der Waals surface area contributed by atoms with Gasteiger partial charge in [-0.2, -0.15) is 0 Å². The molecular formula is C21H31FN4O. The van der Waals surface area contributed by atoms with Crippen LogP contribution in [0.25, 0.3) is 0 Å². The van der Waals surface area contributed by atoms with E-state index < -0.39 is 0 Å². The number of rotatable bonds is 6. The van der Waals surface area contributed by atoms with Crippen molar-refractivity contribution < 1.29 is 9.18 Å². The largest absolute Gasteiger partial charge is 0.357 e. The highest BCUT2D eigenvalue weighted by atomic mass is 19.1. The first-order chi connectivity index (χ1) is 13.0. The zero-order valence-corrected chi connectivity index (χ0v) is 16.6. The predicted octanol–water partition coefficient (Wildman–Crippen LogP) is 2.89. The van der Waals surface area contributed by atoms with Crippen molar-refractivity contribution >= 4 is 11.9 Å². The monoisotopic (exact) mass is 374 g/mol. The van der Waals surface area contributed by atoms with Crippen LogP contribution < -0.4 is 10.6 Å². The fraction of sp³-hybridized carbons (Fsp3) is 0.619. The Balaban J connectivity index is 1.67. The summed E-state index contributed by atoms with van der Waals surface area (Å²) in [6, 6.07) is 7.15. The van der Waals surface area contributed by atoms with E-state index in [0.29, 0.717) is 6.54 Å². The average molecular weight is 375 g/mol. The third kappa shape index (κ3) is 4.42. The van der Waals surface area contributed by atoms with Crippen molar-refractivity contribution in [3.8, 4) is 0 Å². The third-order valence-corrected chi connectivity index (χ3v) is 5.72. The van der Waals surface area contributed by atoms with E-state index in [4.69, 9.17) is 4.99 Å². The highest BCUT2D eigenvalue weighted by Crippen LogP contribution is 2.42. The van der Waals surface area contributed by atoms with Gasteiger partial charge in [-0.15, -0.1) is 0 Å². The fourth-order valence-electron chi connectivity index (χ4n) is 4.17. The normalized spacial score (nSPS) is 23.8. The second-order valence-corrected chi connectivity index (χ2v) is 8.00. The molecule has 1 aromatic carbocycles. The molecule has 2 saturated carbocycles. The maximum atomic E-state index is 14.0. The smallest absolute Gasteiger partial charge is 0.230 e. The lowest BCUT2D eigenvalue weighted by Crippen LogP contribution is -2.43. The number of carbonyl (C=O) groups is 1. The summed E-state index contributed by atoms with van der Waals surface area (Å²) in [6.45, 7) is 3.27. The van der Waals surface area contributed by atoms with Crippen LogP contribution in [0.3, 0.4) is 0 Å². The summed E-state index contributed by atoms with van der Waals surface area (Å²) in [4.78, 5) is 19.2. The predicted molar refractivity (Wildman–Crippen MR) is 106 cm³/mol. The van der Waals surface area contributed by atoms with Gasteiger partial charge in [0.15, 0.2) is 5.96 Å². The van der Waals surface area contributed by atoms with E-state index in [1.54, 1.807) is 11.0 Å². The lowest BCUT2D eigenvalue weighted by atomic mass is 9.85. The molecule has 148 valence electrons. The third-order valence-electron chi connectivity index (χ3n) is 5.72. The minimum absolute atomic E-state index is 0.143. The Kier molecular flexibility index (Phi) is 6.02. The van der Waals surface area contributed by atoms with Gasteiger partial charge < -0.3 is 15.5 Å². The number of hydrogen-bond acceptors (Lipinski definition) is 2. The standard InChI is InChI=1S/C21H31FN4O/c1-4-23-20(24-14-21(11-7-8-12-21)19(27)26(2)3)25-18-13-16(18)15-9-5-6-10-17(15)22/h5-6,9-10,16,18H,4,7-8,11-14H2,1-3H3,(H2,23,24,25). The first kappa shape index (κ1) is 19.6. The number of hydrogen-bond donors (Lipinski definition) is 2. The van der Waals surface area contributed by atoms with E-state index >= 15 is 0 Å². The van der Waals surface area contributed by atoms with Gasteiger partial charge in [-0.1, -0.05) is 31.0 Å².